The van der Waals surface area contributed by atoms with Crippen LogP contribution in [0.3, 0.4) is 0 Å². The zero-order chi connectivity index (χ0) is 28.0. The fourth-order valence-corrected chi connectivity index (χ4v) is 3.54. The maximum atomic E-state index is 12.9. The molecule has 0 unspecified atom stereocenters. The molecule has 0 saturated carbocycles. The first-order valence-electron chi connectivity index (χ1n) is 12.4. The van der Waals surface area contributed by atoms with Crippen LogP contribution in [0.15, 0.2) is 30.3 Å². The summed E-state index contributed by atoms with van der Waals surface area (Å²) in [6, 6.07) is 5.15. The molecule has 0 heterocycles. The van der Waals surface area contributed by atoms with E-state index in [0.717, 1.165) is 5.56 Å². The first-order valence-corrected chi connectivity index (χ1v) is 12.4. The number of carbonyl (C=O) groups excluding carboxylic acids is 4. The van der Waals surface area contributed by atoms with Crippen molar-refractivity contribution >= 4 is 29.5 Å². The predicted octanol–water partition coefficient (Wildman–Crippen LogP) is -1.10. The Kier molecular flexibility index (Phi) is 13.9. The molecule has 206 valence electrons. The number of amides is 3. The van der Waals surface area contributed by atoms with Crippen LogP contribution >= 0.6 is 0 Å². The molecule has 0 aliphatic rings. The van der Waals surface area contributed by atoms with Crippen LogP contribution in [-0.2, 0) is 25.6 Å². The normalized spacial score (nSPS) is 14.1. The Balaban J connectivity index is 2.79. The average molecular weight is 520 g/mol. The zero-order valence-electron chi connectivity index (χ0n) is 21.8. The van der Waals surface area contributed by atoms with Crippen molar-refractivity contribution in [2.24, 2.45) is 17.4 Å². The molecule has 37 heavy (non-hydrogen) atoms. The summed E-state index contributed by atoms with van der Waals surface area (Å²) >= 11 is 0. The number of ketones is 1. The SMILES string of the molecule is CCC(=O)[C@H](Cc1ccccc1)NC(=O)[C@H](CO)NC(=O)[C@@H](NC(=O)[C@@H](N)CCCNC(=N)N)C(C)C. The lowest BCUT2D eigenvalue weighted by atomic mass is 10.00. The van der Waals surface area contributed by atoms with Crippen molar-refractivity contribution in [3.63, 3.8) is 0 Å². The molecule has 0 aliphatic heterocycles. The maximum absolute atomic E-state index is 12.9. The molecule has 4 atom stereocenters. The number of hydrogen-bond acceptors (Lipinski definition) is 7. The number of hydrogen-bond donors (Lipinski definition) is 8. The van der Waals surface area contributed by atoms with Gasteiger partial charge in [0.1, 0.15) is 12.1 Å². The summed E-state index contributed by atoms with van der Waals surface area (Å²) in [6.07, 6.45) is 1.27. The molecule has 0 radical (unpaired) electrons. The van der Waals surface area contributed by atoms with Gasteiger partial charge in [-0.15, -0.1) is 0 Å². The van der Waals surface area contributed by atoms with Gasteiger partial charge < -0.3 is 37.8 Å². The van der Waals surface area contributed by atoms with Gasteiger partial charge in [-0.05, 0) is 30.7 Å². The Bertz CT molecular complexity index is 910. The van der Waals surface area contributed by atoms with Crippen LogP contribution in [0.5, 0.6) is 0 Å². The van der Waals surface area contributed by atoms with E-state index in [2.05, 4.69) is 21.3 Å². The molecular weight excluding hydrogens is 478 g/mol. The van der Waals surface area contributed by atoms with Gasteiger partial charge in [-0.25, -0.2) is 0 Å². The Labute approximate surface area is 217 Å². The van der Waals surface area contributed by atoms with Crippen molar-refractivity contribution in [2.75, 3.05) is 13.2 Å². The molecule has 0 saturated heterocycles. The lowest BCUT2D eigenvalue weighted by molar-refractivity contribution is -0.135. The summed E-state index contributed by atoms with van der Waals surface area (Å²) in [7, 11) is 0. The number of rotatable bonds is 16. The van der Waals surface area contributed by atoms with Crippen LogP contribution in [0.2, 0.25) is 0 Å². The van der Waals surface area contributed by atoms with Crippen molar-refractivity contribution in [1.82, 2.24) is 21.3 Å². The molecule has 0 fully saturated rings. The van der Waals surface area contributed by atoms with E-state index in [9.17, 15) is 24.3 Å². The lowest BCUT2D eigenvalue weighted by Gasteiger charge is -2.26. The smallest absolute Gasteiger partial charge is 0.245 e. The third-order valence-corrected chi connectivity index (χ3v) is 5.74. The topological polar surface area (TPSA) is 213 Å². The number of nitrogens with one attached hydrogen (secondary N) is 5. The van der Waals surface area contributed by atoms with Gasteiger partial charge in [-0.3, -0.25) is 24.6 Å². The van der Waals surface area contributed by atoms with Gasteiger partial charge in [-0.1, -0.05) is 51.1 Å². The van der Waals surface area contributed by atoms with Crippen LogP contribution in [-0.4, -0.2) is 71.9 Å². The highest BCUT2D eigenvalue weighted by Crippen LogP contribution is 2.07. The molecule has 1 rings (SSSR count). The van der Waals surface area contributed by atoms with E-state index in [0.29, 0.717) is 19.4 Å². The second kappa shape index (κ2) is 16.3. The number of aliphatic hydroxyl groups excluding tert-OH is 1. The summed E-state index contributed by atoms with van der Waals surface area (Å²) in [5.41, 5.74) is 12.0. The van der Waals surface area contributed by atoms with Gasteiger partial charge in [-0.2, -0.15) is 0 Å². The highest BCUT2D eigenvalue weighted by Gasteiger charge is 2.31. The van der Waals surface area contributed by atoms with Crippen LogP contribution < -0.4 is 32.7 Å². The highest BCUT2D eigenvalue weighted by molar-refractivity contribution is 5.95. The van der Waals surface area contributed by atoms with Gasteiger partial charge >= 0.3 is 0 Å². The molecule has 1 aromatic carbocycles. The number of Topliss-reactive ketones (excluding diaryl/α,β-unsaturated/α-hetero) is 1. The Hall–Kier alpha value is -3.51. The minimum Gasteiger partial charge on any atom is -0.394 e. The van der Waals surface area contributed by atoms with Crippen molar-refractivity contribution < 1.29 is 24.3 Å². The minimum absolute atomic E-state index is 0.178. The summed E-state index contributed by atoms with van der Waals surface area (Å²) in [5, 5.41) is 27.2. The van der Waals surface area contributed by atoms with E-state index >= 15 is 0 Å². The number of guanidine groups is 1. The predicted molar refractivity (Wildman–Crippen MR) is 140 cm³/mol. The summed E-state index contributed by atoms with van der Waals surface area (Å²) in [6.45, 7) is 4.81. The van der Waals surface area contributed by atoms with E-state index < -0.39 is 48.5 Å². The molecule has 1 aromatic rings. The second-order valence-corrected chi connectivity index (χ2v) is 9.13. The van der Waals surface area contributed by atoms with Gasteiger partial charge in [0, 0.05) is 13.0 Å². The highest BCUT2D eigenvalue weighted by atomic mass is 16.3. The average Bonchev–Trinajstić information content (AvgIpc) is 2.87. The van der Waals surface area contributed by atoms with E-state index in [1.807, 2.05) is 30.3 Å². The van der Waals surface area contributed by atoms with Crippen LogP contribution in [0, 0.1) is 11.3 Å². The minimum atomic E-state index is -1.32. The fraction of sp³-hybridized carbons (Fsp3) is 0.560. The number of carbonyl (C=O) groups is 4. The summed E-state index contributed by atoms with van der Waals surface area (Å²) in [4.78, 5) is 50.8. The number of aliphatic hydroxyl groups is 1. The summed E-state index contributed by atoms with van der Waals surface area (Å²) in [5.74, 6) is -2.61. The Morgan fingerprint density at radius 3 is 2.14 bits per heavy atom. The summed E-state index contributed by atoms with van der Waals surface area (Å²) < 4.78 is 0. The van der Waals surface area contributed by atoms with E-state index in [1.54, 1.807) is 20.8 Å². The van der Waals surface area contributed by atoms with Crippen LogP contribution in [0.25, 0.3) is 0 Å². The molecule has 0 bridgehead atoms. The van der Waals surface area contributed by atoms with E-state index in [1.165, 1.54) is 0 Å². The Morgan fingerprint density at radius 2 is 1.59 bits per heavy atom. The van der Waals surface area contributed by atoms with Crippen molar-refractivity contribution in [3.05, 3.63) is 35.9 Å². The van der Waals surface area contributed by atoms with Gasteiger partial charge in [0.2, 0.25) is 17.7 Å². The number of benzene rings is 1. The monoisotopic (exact) mass is 519 g/mol. The molecule has 0 aromatic heterocycles. The third-order valence-electron chi connectivity index (χ3n) is 5.74. The van der Waals surface area contributed by atoms with Gasteiger partial charge in [0.15, 0.2) is 11.7 Å². The second-order valence-electron chi connectivity index (χ2n) is 9.13. The van der Waals surface area contributed by atoms with Gasteiger partial charge in [0.05, 0.1) is 18.7 Å². The molecule has 12 nitrogen and oxygen atoms in total. The molecule has 0 spiro atoms. The molecule has 3 amide bonds. The van der Waals surface area contributed by atoms with Gasteiger partial charge in [0.25, 0.3) is 0 Å². The molecule has 12 heteroatoms. The van der Waals surface area contributed by atoms with Crippen molar-refractivity contribution in [2.45, 2.75) is 70.6 Å². The van der Waals surface area contributed by atoms with Crippen LogP contribution in [0.4, 0.5) is 0 Å². The number of nitrogens with two attached hydrogens (primary N) is 2. The quantitative estimate of drug-likeness (QED) is 0.0761. The zero-order valence-corrected chi connectivity index (χ0v) is 21.8. The van der Waals surface area contributed by atoms with Crippen molar-refractivity contribution in [1.29, 1.82) is 5.41 Å². The molecule has 0 aliphatic carbocycles. The molecular formula is C25H41N7O5. The first-order chi connectivity index (χ1) is 17.5. The third kappa shape index (κ3) is 11.4. The van der Waals surface area contributed by atoms with E-state index in [-0.39, 0.29) is 30.5 Å². The van der Waals surface area contributed by atoms with Crippen molar-refractivity contribution in [3.8, 4) is 0 Å². The lowest BCUT2D eigenvalue weighted by Crippen LogP contribution is -2.59. The standard InChI is InChI=1S/C25H41N7O5/c1-4-20(34)18(13-16-9-6-5-7-10-16)30-23(36)19(14-33)31-24(37)21(15(2)3)32-22(35)17(26)11-8-12-29-25(27)28/h5-7,9-10,15,17-19,21,33H,4,8,11-14,26H2,1-3H3,(H,30,36)(H,31,37)(H,32,35)(H4,27,28,29)/t17-,18-,19-,21-/m0/s1. The molecule has 10 N–H and O–H groups in total. The fourth-order valence-electron chi connectivity index (χ4n) is 3.54. The Morgan fingerprint density at radius 1 is 0.973 bits per heavy atom. The van der Waals surface area contributed by atoms with Crippen LogP contribution in [0.1, 0.15) is 45.6 Å². The van der Waals surface area contributed by atoms with E-state index in [4.69, 9.17) is 16.9 Å². The largest absolute Gasteiger partial charge is 0.394 e. The first kappa shape index (κ1) is 31.5. The maximum Gasteiger partial charge on any atom is 0.245 e.